The number of rotatable bonds is 5. The molecule has 3 nitrogen and oxygen atoms in total. The van der Waals surface area contributed by atoms with Crippen molar-refractivity contribution in [2.45, 2.75) is 39.2 Å². The van der Waals surface area contributed by atoms with Crippen molar-refractivity contribution in [2.75, 3.05) is 13.6 Å². The third-order valence-corrected chi connectivity index (χ3v) is 2.71. The second-order valence-electron chi connectivity index (χ2n) is 4.27. The van der Waals surface area contributed by atoms with Crippen molar-refractivity contribution in [1.82, 2.24) is 15.1 Å². The van der Waals surface area contributed by atoms with Crippen LogP contribution in [0, 0.1) is 0 Å². The molecular weight excluding hydrogens is 174 g/mol. The van der Waals surface area contributed by atoms with E-state index in [0.717, 1.165) is 19.5 Å². The highest BCUT2D eigenvalue weighted by molar-refractivity contribution is 5.13. The van der Waals surface area contributed by atoms with Crippen LogP contribution < -0.4 is 5.32 Å². The van der Waals surface area contributed by atoms with Crippen LogP contribution in [0.15, 0.2) is 12.3 Å². The number of nitrogens with one attached hydrogen (secondary N) is 1. The molecule has 0 saturated heterocycles. The van der Waals surface area contributed by atoms with Gasteiger partial charge >= 0.3 is 0 Å². The van der Waals surface area contributed by atoms with Gasteiger partial charge in [0.1, 0.15) is 0 Å². The zero-order valence-electron chi connectivity index (χ0n) is 9.67. The minimum atomic E-state index is 0.204. The van der Waals surface area contributed by atoms with E-state index >= 15 is 0 Å². The summed E-state index contributed by atoms with van der Waals surface area (Å²) in [6.45, 7) is 8.67. The number of aromatic nitrogens is 2. The van der Waals surface area contributed by atoms with Crippen LogP contribution in [0.5, 0.6) is 0 Å². The second kappa shape index (κ2) is 4.60. The van der Waals surface area contributed by atoms with Gasteiger partial charge in [0.05, 0.1) is 0 Å². The van der Waals surface area contributed by atoms with Crippen molar-refractivity contribution in [3.8, 4) is 0 Å². The Hall–Kier alpha value is -0.830. The van der Waals surface area contributed by atoms with Crippen LogP contribution in [0.25, 0.3) is 0 Å². The van der Waals surface area contributed by atoms with E-state index in [1.54, 1.807) is 0 Å². The van der Waals surface area contributed by atoms with E-state index in [-0.39, 0.29) is 5.41 Å². The maximum Gasteiger partial charge on any atom is 0.0492 e. The Kier molecular flexibility index (Phi) is 3.69. The predicted octanol–water partition coefficient (Wildman–Crippen LogP) is 1.79. The van der Waals surface area contributed by atoms with Crippen molar-refractivity contribution in [3.63, 3.8) is 0 Å². The zero-order valence-corrected chi connectivity index (χ0v) is 9.67. The standard InChI is InChI=1S/C11H21N3/c1-5-14-10(6-8-13-14)11(2,3)7-9-12-4/h6,8,12H,5,7,9H2,1-4H3. The van der Waals surface area contributed by atoms with Crippen LogP contribution in [0.1, 0.15) is 32.9 Å². The first-order valence-corrected chi connectivity index (χ1v) is 5.28. The van der Waals surface area contributed by atoms with E-state index in [4.69, 9.17) is 0 Å². The highest BCUT2D eigenvalue weighted by atomic mass is 15.3. The molecule has 0 amide bonds. The molecule has 1 aromatic heterocycles. The summed E-state index contributed by atoms with van der Waals surface area (Å²) >= 11 is 0. The van der Waals surface area contributed by atoms with Gasteiger partial charge in [-0.1, -0.05) is 13.8 Å². The molecule has 0 radical (unpaired) electrons. The van der Waals surface area contributed by atoms with E-state index in [1.807, 2.05) is 13.2 Å². The van der Waals surface area contributed by atoms with Gasteiger partial charge in [-0.15, -0.1) is 0 Å². The van der Waals surface area contributed by atoms with Crippen LogP contribution in [0.3, 0.4) is 0 Å². The molecule has 0 unspecified atom stereocenters. The summed E-state index contributed by atoms with van der Waals surface area (Å²) in [5.74, 6) is 0. The van der Waals surface area contributed by atoms with Crippen molar-refractivity contribution >= 4 is 0 Å². The third kappa shape index (κ3) is 2.35. The molecule has 1 heterocycles. The summed E-state index contributed by atoms with van der Waals surface area (Å²) in [5.41, 5.74) is 1.53. The van der Waals surface area contributed by atoms with Crippen molar-refractivity contribution in [3.05, 3.63) is 18.0 Å². The van der Waals surface area contributed by atoms with E-state index in [1.165, 1.54) is 5.69 Å². The summed E-state index contributed by atoms with van der Waals surface area (Å²) in [5, 5.41) is 7.50. The van der Waals surface area contributed by atoms with Crippen molar-refractivity contribution in [1.29, 1.82) is 0 Å². The van der Waals surface area contributed by atoms with Gasteiger partial charge in [0.15, 0.2) is 0 Å². The fourth-order valence-electron chi connectivity index (χ4n) is 1.73. The van der Waals surface area contributed by atoms with E-state index in [0.29, 0.717) is 0 Å². The van der Waals surface area contributed by atoms with Gasteiger partial charge in [-0.05, 0) is 33.0 Å². The molecule has 80 valence electrons. The molecule has 14 heavy (non-hydrogen) atoms. The van der Waals surface area contributed by atoms with Gasteiger partial charge in [-0.25, -0.2) is 0 Å². The lowest BCUT2D eigenvalue weighted by molar-refractivity contribution is 0.423. The van der Waals surface area contributed by atoms with Gasteiger partial charge < -0.3 is 5.32 Å². The smallest absolute Gasteiger partial charge is 0.0492 e. The minimum Gasteiger partial charge on any atom is -0.320 e. The fourth-order valence-corrected chi connectivity index (χ4v) is 1.73. The van der Waals surface area contributed by atoms with Crippen molar-refractivity contribution in [2.24, 2.45) is 0 Å². The average molecular weight is 195 g/mol. The minimum absolute atomic E-state index is 0.204. The molecule has 0 fully saturated rings. The quantitative estimate of drug-likeness (QED) is 0.776. The number of nitrogens with zero attached hydrogens (tertiary/aromatic N) is 2. The highest BCUT2D eigenvalue weighted by Gasteiger charge is 2.23. The van der Waals surface area contributed by atoms with Crippen LogP contribution in [0.4, 0.5) is 0 Å². The Labute approximate surface area is 86.5 Å². The van der Waals surface area contributed by atoms with Crippen LogP contribution in [-0.2, 0) is 12.0 Å². The predicted molar refractivity (Wildman–Crippen MR) is 59.5 cm³/mol. The lowest BCUT2D eigenvalue weighted by Gasteiger charge is -2.25. The van der Waals surface area contributed by atoms with Crippen molar-refractivity contribution < 1.29 is 0 Å². The molecule has 1 rings (SSSR count). The Morgan fingerprint density at radius 2 is 2.21 bits per heavy atom. The summed E-state index contributed by atoms with van der Waals surface area (Å²) in [4.78, 5) is 0. The molecule has 0 aromatic carbocycles. The maximum atomic E-state index is 4.31. The number of aryl methyl sites for hydroxylation is 1. The lowest BCUT2D eigenvalue weighted by atomic mass is 9.85. The molecule has 1 aromatic rings. The first-order chi connectivity index (χ1) is 6.61. The van der Waals surface area contributed by atoms with Gasteiger partial charge in [0.2, 0.25) is 0 Å². The SMILES string of the molecule is CCn1nccc1C(C)(C)CCNC. The third-order valence-electron chi connectivity index (χ3n) is 2.71. The van der Waals surface area contributed by atoms with E-state index in [9.17, 15) is 0 Å². The molecule has 0 atom stereocenters. The normalized spacial score (nSPS) is 12.0. The fraction of sp³-hybridized carbons (Fsp3) is 0.727. The monoisotopic (exact) mass is 195 g/mol. The largest absolute Gasteiger partial charge is 0.320 e. The highest BCUT2D eigenvalue weighted by Crippen LogP contribution is 2.26. The first-order valence-electron chi connectivity index (χ1n) is 5.28. The van der Waals surface area contributed by atoms with Crippen LogP contribution >= 0.6 is 0 Å². The summed E-state index contributed by atoms with van der Waals surface area (Å²) in [6, 6.07) is 2.12. The van der Waals surface area contributed by atoms with Gasteiger partial charge in [-0.2, -0.15) is 5.10 Å². The molecular formula is C11H21N3. The van der Waals surface area contributed by atoms with E-state index < -0.39 is 0 Å². The molecule has 3 heteroatoms. The summed E-state index contributed by atoms with van der Waals surface area (Å²) in [6.07, 6.45) is 3.02. The molecule has 0 aliphatic carbocycles. The molecule has 0 aliphatic heterocycles. The van der Waals surface area contributed by atoms with Gasteiger partial charge in [-0.3, -0.25) is 4.68 Å². The molecule has 0 bridgehead atoms. The zero-order chi connectivity index (χ0) is 10.6. The molecule has 0 aliphatic rings. The topological polar surface area (TPSA) is 29.9 Å². The average Bonchev–Trinajstić information content (AvgIpc) is 2.63. The number of hydrogen-bond acceptors (Lipinski definition) is 2. The Balaban J connectivity index is 2.79. The summed E-state index contributed by atoms with van der Waals surface area (Å²) < 4.78 is 2.08. The summed E-state index contributed by atoms with van der Waals surface area (Å²) in [7, 11) is 1.99. The second-order valence-corrected chi connectivity index (χ2v) is 4.27. The first kappa shape index (κ1) is 11.2. The van der Waals surface area contributed by atoms with Gasteiger partial charge in [0, 0.05) is 23.9 Å². The number of hydrogen-bond donors (Lipinski definition) is 1. The Morgan fingerprint density at radius 3 is 2.79 bits per heavy atom. The lowest BCUT2D eigenvalue weighted by Crippen LogP contribution is -2.26. The molecule has 0 spiro atoms. The Morgan fingerprint density at radius 1 is 1.50 bits per heavy atom. The molecule has 1 N–H and O–H groups in total. The molecule has 0 saturated carbocycles. The maximum absolute atomic E-state index is 4.31. The van der Waals surface area contributed by atoms with Crippen LogP contribution in [-0.4, -0.2) is 23.4 Å². The van der Waals surface area contributed by atoms with Crippen LogP contribution in [0.2, 0.25) is 0 Å². The van der Waals surface area contributed by atoms with E-state index in [2.05, 4.69) is 41.9 Å². The Bertz CT molecular complexity index is 276. The van der Waals surface area contributed by atoms with Gasteiger partial charge in [0.25, 0.3) is 0 Å².